The first-order chi connectivity index (χ1) is 11.5. The molecule has 0 atom stereocenters. The van der Waals surface area contributed by atoms with Crippen LogP contribution in [-0.2, 0) is 0 Å². The second-order valence-electron chi connectivity index (χ2n) is 5.58. The first kappa shape index (κ1) is 19.6. The van der Waals surface area contributed by atoms with Gasteiger partial charge in [-0.1, -0.05) is 39.0 Å². The molecule has 0 aliphatic heterocycles. The molecule has 0 spiro atoms. The third-order valence-corrected chi connectivity index (χ3v) is 3.54. The fraction of sp³-hybridized carbons (Fsp3) is 0.529. The number of nitrogens with one attached hydrogen (secondary N) is 3. The zero-order valence-corrected chi connectivity index (χ0v) is 14.1. The molecule has 134 valence electrons. The van der Waals surface area contributed by atoms with Gasteiger partial charge in [0.25, 0.3) is 5.91 Å². The molecule has 0 aromatic heterocycles. The molecule has 7 nitrogen and oxygen atoms in total. The largest absolute Gasteiger partial charge is 0.508 e. The first-order valence-corrected chi connectivity index (χ1v) is 8.36. The predicted octanol–water partition coefficient (Wildman–Crippen LogP) is 2.44. The minimum absolute atomic E-state index is 0.0297. The van der Waals surface area contributed by atoms with E-state index in [0.717, 1.165) is 18.9 Å². The van der Waals surface area contributed by atoms with Crippen molar-refractivity contribution in [3.05, 3.63) is 23.8 Å². The summed E-state index contributed by atoms with van der Waals surface area (Å²) >= 11 is 0. The van der Waals surface area contributed by atoms with E-state index in [1.807, 2.05) is 0 Å². The van der Waals surface area contributed by atoms with E-state index in [-0.39, 0.29) is 29.8 Å². The molecule has 3 amide bonds. The fourth-order valence-corrected chi connectivity index (χ4v) is 2.18. The summed E-state index contributed by atoms with van der Waals surface area (Å²) < 4.78 is 0. The molecule has 0 heterocycles. The van der Waals surface area contributed by atoms with Gasteiger partial charge in [-0.25, -0.2) is 4.79 Å². The Morgan fingerprint density at radius 2 is 1.67 bits per heavy atom. The molecule has 0 radical (unpaired) electrons. The van der Waals surface area contributed by atoms with Crippen LogP contribution in [0, 0.1) is 0 Å². The van der Waals surface area contributed by atoms with Crippen molar-refractivity contribution >= 4 is 11.9 Å². The molecule has 0 saturated carbocycles. The van der Waals surface area contributed by atoms with E-state index in [2.05, 4.69) is 22.9 Å². The molecule has 7 heteroatoms. The average Bonchev–Trinajstić information content (AvgIpc) is 2.53. The van der Waals surface area contributed by atoms with Crippen LogP contribution in [0.3, 0.4) is 0 Å². The third kappa shape index (κ3) is 7.71. The Morgan fingerprint density at radius 1 is 0.958 bits per heavy atom. The minimum atomic E-state index is -0.538. The van der Waals surface area contributed by atoms with E-state index < -0.39 is 5.91 Å². The number of carbonyl (C=O) groups excluding carboxylic acids is 2. The van der Waals surface area contributed by atoms with Gasteiger partial charge in [-0.15, -0.1) is 0 Å². The van der Waals surface area contributed by atoms with Crippen LogP contribution < -0.4 is 16.0 Å². The lowest BCUT2D eigenvalue weighted by Gasteiger charge is -2.10. The van der Waals surface area contributed by atoms with Crippen molar-refractivity contribution in [1.82, 2.24) is 16.0 Å². The molecule has 1 aromatic carbocycles. The molecule has 0 saturated heterocycles. The van der Waals surface area contributed by atoms with Gasteiger partial charge in [0, 0.05) is 12.6 Å². The van der Waals surface area contributed by atoms with Crippen LogP contribution >= 0.6 is 0 Å². The van der Waals surface area contributed by atoms with E-state index in [1.165, 1.54) is 37.8 Å². The van der Waals surface area contributed by atoms with Crippen LogP contribution in [-0.4, -0.2) is 35.4 Å². The van der Waals surface area contributed by atoms with Crippen molar-refractivity contribution in [3.63, 3.8) is 0 Å². The summed E-state index contributed by atoms with van der Waals surface area (Å²) in [7, 11) is 0. The summed E-state index contributed by atoms with van der Waals surface area (Å²) in [5.74, 6) is -0.986. The number of amides is 3. The van der Waals surface area contributed by atoms with Gasteiger partial charge in [-0.2, -0.15) is 0 Å². The summed E-state index contributed by atoms with van der Waals surface area (Å²) in [6.45, 7) is 2.72. The lowest BCUT2D eigenvalue weighted by Crippen LogP contribution is -2.42. The van der Waals surface area contributed by atoms with Gasteiger partial charge in [-0.05, 0) is 18.6 Å². The number of carbonyl (C=O) groups is 2. The van der Waals surface area contributed by atoms with Gasteiger partial charge in [0.1, 0.15) is 11.5 Å². The molecule has 0 aliphatic carbocycles. The van der Waals surface area contributed by atoms with Gasteiger partial charge in [0.2, 0.25) is 0 Å². The number of hydrogen-bond acceptors (Lipinski definition) is 4. The number of hydrogen-bond donors (Lipinski definition) is 5. The summed E-state index contributed by atoms with van der Waals surface area (Å²) in [6.07, 6.45) is 6.92. The highest BCUT2D eigenvalue weighted by Gasteiger charge is 2.11. The second-order valence-corrected chi connectivity index (χ2v) is 5.58. The maximum atomic E-state index is 11.8. The van der Waals surface area contributed by atoms with Gasteiger partial charge in [-0.3, -0.25) is 4.79 Å². The van der Waals surface area contributed by atoms with E-state index >= 15 is 0 Å². The third-order valence-electron chi connectivity index (χ3n) is 3.54. The molecule has 0 unspecified atom stereocenters. The maximum absolute atomic E-state index is 11.8. The number of unbranched alkanes of at least 4 members (excludes halogenated alkanes) is 5. The van der Waals surface area contributed by atoms with Crippen molar-refractivity contribution in [2.45, 2.75) is 45.4 Å². The van der Waals surface area contributed by atoms with E-state index in [4.69, 9.17) is 0 Å². The van der Waals surface area contributed by atoms with Crippen LogP contribution in [0.5, 0.6) is 11.5 Å². The van der Waals surface area contributed by atoms with Crippen LogP contribution in [0.1, 0.15) is 55.8 Å². The summed E-state index contributed by atoms with van der Waals surface area (Å²) in [5, 5.41) is 26.4. The highest BCUT2D eigenvalue weighted by Crippen LogP contribution is 2.22. The smallest absolute Gasteiger partial charge is 0.316 e. The molecule has 5 N–H and O–H groups in total. The quantitative estimate of drug-likeness (QED) is 0.333. The standard InChI is InChI=1S/C17H27N3O4/c1-2-3-4-5-6-7-10-18-17(24)20-12-19-16(23)14-9-8-13(21)11-15(14)22/h8-9,11,21-22H,2-7,10,12H2,1H3,(H,19,23)(H2,18,20,24). The molecule has 0 fully saturated rings. The number of aromatic hydroxyl groups is 2. The highest BCUT2D eigenvalue weighted by atomic mass is 16.3. The number of benzene rings is 1. The molecular weight excluding hydrogens is 310 g/mol. The van der Waals surface area contributed by atoms with Gasteiger partial charge in [0.15, 0.2) is 0 Å². The van der Waals surface area contributed by atoms with Gasteiger partial charge < -0.3 is 26.2 Å². The second kappa shape index (κ2) is 11.2. The molecule has 0 aliphatic rings. The van der Waals surface area contributed by atoms with Gasteiger partial charge in [0.05, 0.1) is 12.2 Å². The fourth-order valence-electron chi connectivity index (χ4n) is 2.18. The molecule has 0 bridgehead atoms. The van der Waals surface area contributed by atoms with Crippen molar-refractivity contribution in [2.75, 3.05) is 13.2 Å². The maximum Gasteiger partial charge on any atom is 0.316 e. The number of phenols is 2. The van der Waals surface area contributed by atoms with Crippen LogP contribution in [0.25, 0.3) is 0 Å². The molecule has 1 aromatic rings. The number of phenolic OH excluding ortho intramolecular Hbond substituents is 2. The normalized spacial score (nSPS) is 10.2. The Bertz CT molecular complexity index is 535. The lowest BCUT2D eigenvalue weighted by atomic mass is 10.1. The van der Waals surface area contributed by atoms with Crippen molar-refractivity contribution in [3.8, 4) is 11.5 Å². The predicted molar refractivity (Wildman–Crippen MR) is 92.0 cm³/mol. The summed E-state index contributed by atoms with van der Waals surface area (Å²) in [5.41, 5.74) is 0.0297. The molecule has 24 heavy (non-hydrogen) atoms. The topological polar surface area (TPSA) is 111 Å². The number of rotatable bonds is 10. The van der Waals surface area contributed by atoms with Gasteiger partial charge >= 0.3 is 6.03 Å². The van der Waals surface area contributed by atoms with Crippen molar-refractivity contribution < 1.29 is 19.8 Å². The Morgan fingerprint density at radius 3 is 2.38 bits per heavy atom. The summed E-state index contributed by atoms with van der Waals surface area (Å²) in [6, 6.07) is 3.34. The Hall–Kier alpha value is -2.44. The molecule has 1 rings (SSSR count). The lowest BCUT2D eigenvalue weighted by molar-refractivity contribution is 0.0949. The zero-order chi connectivity index (χ0) is 17.8. The highest BCUT2D eigenvalue weighted by molar-refractivity contribution is 5.97. The van der Waals surface area contributed by atoms with Crippen molar-refractivity contribution in [2.24, 2.45) is 0 Å². The number of urea groups is 1. The van der Waals surface area contributed by atoms with Crippen molar-refractivity contribution in [1.29, 1.82) is 0 Å². The first-order valence-electron chi connectivity index (χ1n) is 8.36. The van der Waals surface area contributed by atoms with E-state index in [1.54, 1.807) is 0 Å². The Labute approximate surface area is 142 Å². The SMILES string of the molecule is CCCCCCCCNC(=O)NCNC(=O)c1ccc(O)cc1O. The average molecular weight is 337 g/mol. The molecular formula is C17H27N3O4. The summed E-state index contributed by atoms with van der Waals surface area (Å²) in [4.78, 5) is 23.4. The van der Waals surface area contributed by atoms with Crippen LogP contribution in [0.15, 0.2) is 18.2 Å². The van der Waals surface area contributed by atoms with Crippen LogP contribution in [0.4, 0.5) is 4.79 Å². The Kier molecular flexibility index (Phi) is 9.11. The minimum Gasteiger partial charge on any atom is -0.508 e. The zero-order valence-electron chi connectivity index (χ0n) is 14.1. The van der Waals surface area contributed by atoms with Crippen LogP contribution in [0.2, 0.25) is 0 Å². The van der Waals surface area contributed by atoms with E-state index in [9.17, 15) is 19.8 Å². The van der Waals surface area contributed by atoms with E-state index in [0.29, 0.717) is 6.54 Å². The Balaban J connectivity index is 2.13. The monoisotopic (exact) mass is 337 g/mol.